The zero-order valence-electron chi connectivity index (χ0n) is 11.7. The van der Waals surface area contributed by atoms with Crippen molar-refractivity contribution >= 4 is 11.8 Å². The lowest BCUT2D eigenvalue weighted by molar-refractivity contribution is -0.141. The maximum atomic E-state index is 12.6. The van der Waals surface area contributed by atoms with Crippen LogP contribution in [-0.2, 0) is 9.59 Å². The smallest absolute Gasteiger partial charge is 0.243 e. The van der Waals surface area contributed by atoms with Crippen molar-refractivity contribution in [2.24, 2.45) is 0 Å². The first-order chi connectivity index (χ1) is 8.59. The molecule has 1 heterocycles. The van der Waals surface area contributed by atoms with Gasteiger partial charge in [-0.1, -0.05) is 13.3 Å². The third-order valence-electron chi connectivity index (χ3n) is 3.61. The van der Waals surface area contributed by atoms with E-state index in [-0.39, 0.29) is 18.4 Å². The lowest BCUT2D eigenvalue weighted by Crippen LogP contribution is -2.56. The third-order valence-corrected chi connectivity index (χ3v) is 3.61. The SMILES string of the molecule is CCCC1(C(=O)N(CC)CC(=O)NC)CCCN1. The number of hydrogen-bond acceptors (Lipinski definition) is 3. The molecule has 0 aromatic heterocycles. The average Bonchev–Trinajstić information content (AvgIpc) is 2.85. The Hall–Kier alpha value is -1.10. The van der Waals surface area contributed by atoms with E-state index in [1.54, 1.807) is 11.9 Å². The Labute approximate surface area is 109 Å². The van der Waals surface area contributed by atoms with Crippen molar-refractivity contribution in [3.63, 3.8) is 0 Å². The Kier molecular flexibility index (Phi) is 5.59. The first kappa shape index (κ1) is 15.0. The van der Waals surface area contributed by atoms with Gasteiger partial charge in [-0.2, -0.15) is 0 Å². The topological polar surface area (TPSA) is 61.4 Å². The Morgan fingerprint density at radius 1 is 1.39 bits per heavy atom. The van der Waals surface area contributed by atoms with Crippen LogP contribution in [0.4, 0.5) is 0 Å². The molecule has 104 valence electrons. The van der Waals surface area contributed by atoms with Gasteiger partial charge in [-0.05, 0) is 32.7 Å². The molecule has 5 heteroatoms. The van der Waals surface area contributed by atoms with Gasteiger partial charge in [-0.25, -0.2) is 0 Å². The van der Waals surface area contributed by atoms with Gasteiger partial charge in [0.2, 0.25) is 11.8 Å². The van der Waals surface area contributed by atoms with Crippen LogP contribution in [0.3, 0.4) is 0 Å². The summed E-state index contributed by atoms with van der Waals surface area (Å²) in [4.78, 5) is 25.7. The minimum absolute atomic E-state index is 0.0768. The average molecular weight is 255 g/mol. The predicted molar refractivity (Wildman–Crippen MR) is 71.2 cm³/mol. The minimum Gasteiger partial charge on any atom is -0.358 e. The molecule has 1 fully saturated rings. The Morgan fingerprint density at radius 2 is 2.11 bits per heavy atom. The van der Waals surface area contributed by atoms with Gasteiger partial charge in [-0.3, -0.25) is 9.59 Å². The molecular weight excluding hydrogens is 230 g/mol. The van der Waals surface area contributed by atoms with E-state index in [0.29, 0.717) is 6.54 Å². The maximum absolute atomic E-state index is 12.6. The van der Waals surface area contributed by atoms with Gasteiger partial charge < -0.3 is 15.5 Å². The number of nitrogens with zero attached hydrogens (tertiary/aromatic N) is 1. The molecular formula is C13H25N3O2. The van der Waals surface area contributed by atoms with Crippen molar-refractivity contribution < 1.29 is 9.59 Å². The Balaban J connectivity index is 2.76. The molecule has 1 rings (SSSR count). The molecule has 5 nitrogen and oxygen atoms in total. The van der Waals surface area contributed by atoms with Crippen molar-refractivity contribution in [2.45, 2.75) is 45.1 Å². The van der Waals surface area contributed by atoms with Crippen LogP contribution < -0.4 is 10.6 Å². The van der Waals surface area contributed by atoms with E-state index in [4.69, 9.17) is 0 Å². The van der Waals surface area contributed by atoms with Crippen LogP contribution >= 0.6 is 0 Å². The van der Waals surface area contributed by atoms with Crippen molar-refractivity contribution in [3.8, 4) is 0 Å². The van der Waals surface area contributed by atoms with E-state index >= 15 is 0 Å². The summed E-state index contributed by atoms with van der Waals surface area (Å²) in [6.07, 6.45) is 3.72. The summed E-state index contributed by atoms with van der Waals surface area (Å²) in [6, 6.07) is 0. The van der Waals surface area contributed by atoms with Crippen LogP contribution in [0.15, 0.2) is 0 Å². The second-order valence-corrected chi connectivity index (χ2v) is 4.85. The third kappa shape index (κ3) is 3.22. The number of rotatable bonds is 6. The van der Waals surface area contributed by atoms with Crippen LogP contribution in [0.2, 0.25) is 0 Å². The largest absolute Gasteiger partial charge is 0.358 e. The molecule has 0 aromatic rings. The minimum atomic E-state index is -0.432. The van der Waals surface area contributed by atoms with Crippen molar-refractivity contribution in [3.05, 3.63) is 0 Å². The molecule has 0 aliphatic carbocycles. The van der Waals surface area contributed by atoms with E-state index in [9.17, 15) is 9.59 Å². The molecule has 1 atom stereocenters. The summed E-state index contributed by atoms with van der Waals surface area (Å²) in [5.41, 5.74) is -0.432. The van der Waals surface area contributed by atoms with Gasteiger partial charge in [0.05, 0.1) is 12.1 Å². The number of likely N-dealkylation sites (N-methyl/N-ethyl adjacent to an activating group) is 2. The fourth-order valence-corrected chi connectivity index (χ4v) is 2.62. The fraction of sp³-hybridized carbons (Fsp3) is 0.846. The lowest BCUT2D eigenvalue weighted by Gasteiger charge is -2.33. The highest BCUT2D eigenvalue weighted by Gasteiger charge is 2.42. The summed E-state index contributed by atoms with van der Waals surface area (Å²) in [5.74, 6) is -0.0391. The summed E-state index contributed by atoms with van der Waals surface area (Å²) in [5, 5.41) is 5.92. The normalized spacial score (nSPS) is 22.8. The quantitative estimate of drug-likeness (QED) is 0.726. The monoisotopic (exact) mass is 255 g/mol. The molecule has 18 heavy (non-hydrogen) atoms. The molecule has 2 N–H and O–H groups in total. The fourth-order valence-electron chi connectivity index (χ4n) is 2.62. The molecule has 1 saturated heterocycles. The predicted octanol–water partition coefficient (Wildman–Crippen LogP) is 0.503. The van der Waals surface area contributed by atoms with Crippen LogP contribution in [0.25, 0.3) is 0 Å². The van der Waals surface area contributed by atoms with Gasteiger partial charge in [-0.15, -0.1) is 0 Å². The zero-order chi connectivity index (χ0) is 13.6. The van der Waals surface area contributed by atoms with E-state index in [0.717, 1.165) is 32.2 Å². The lowest BCUT2D eigenvalue weighted by atomic mass is 9.90. The standard InChI is InChI=1S/C13H25N3O2/c1-4-7-13(8-6-9-15-13)12(18)16(5-2)10-11(17)14-3/h15H,4-10H2,1-3H3,(H,14,17). The van der Waals surface area contributed by atoms with E-state index in [1.807, 2.05) is 6.92 Å². The number of carbonyl (C=O) groups is 2. The van der Waals surface area contributed by atoms with Crippen molar-refractivity contribution in [1.29, 1.82) is 0 Å². The van der Waals surface area contributed by atoms with E-state index in [2.05, 4.69) is 17.6 Å². The second-order valence-electron chi connectivity index (χ2n) is 4.85. The summed E-state index contributed by atoms with van der Waals surface area (Å²) in [6.45, 7) is 5.61. The van der Waals surface area contributed by atoms with Crippen molar-refractivity contribution in [2.75, 3.05) is 26.7 Å². The molecule has 1 aliphatic heterocycles. The molecule has 1 aliphatic rings. The zero-order valence-corrected chi connectivity index (χ0v) is 11.7. The van der Waals surface area contributed by atoms with Gasteiger partial charge >= 0.3 is 0 Å². The summed E-state index contributed by atoms with van der Waals surface area (Å²) in [7, 11) is 1.59. The van der Waals surface area contributed by atoms with Crippen LogP contribution in [0.5, 0.6) is 0 Å². The number of hydrogen-bond donors (Lipinski definition) is 2. The van der Waals surface area contributed by atoms with Gasteiger partial charge in [0, 0.05) is 13.6 Å². The molecule has 2 amide bonds. The molecule has 0 radical (unpaired) electrons. The van der Waals surface area contributed by atoms with Gasteiger partial charge in [0.1, 0.15) is 0 Å². The van der Waals surface area contributed by atoms with Crippen LogP contribution in [0, 0.1) is 0 Å². The first-order valence-electron chi connectivity index (χ1n) is 6.84. The van der Waals surface area contributed by atoms with E-state index < -0.39 is 5.54 Å². The van der Waals surface area contributed by atoms with Crippen LogP contribution in [0.1, 0.15) is 39.5 Å². The molecule has 1 unspecified atom stereocenters. The van der Waals surface area contributed by atoms with Crippen LogP contribution in [-0.4, -0.2) is 48.9 Å². The molecule has 0 bridgehead atoms. The van der Waals surface area contributed by atoms with Gasteiger partial charge in [0.15, 0.2) is 0 Å². The highest BCUT2D eigenvalue weighted by atomic mass is 16.2. The molecule has 0 aromatic carbocycles. The van der Waals surface area contributed by atoms with E-state index in [1.165, 1.54) is 0 Å². The molecule has 0 spiro atoms. The first-order valence-corrected chi connectivity index (χ1v) is 6.84. The number of carbonyl (C=O) groups excluding carboxylic acids is 2. The Morgan fingerprint density at radius 3 is 2.56 bits per heavy atom. The number of nitrogens with one attached hydrogen (secondary N) is 2. The highest BCUT2D eigenvalue weighted by molar-refractivity contribution is 5.90. The Bertz CT molecular complexity index is 299. The second kappa shape index (κ2) is 6.73. The number of amides is 2. The maximum Gasteiger partial charge on any atom is 0.243 e. The van der Waals surface area contributed by atoms with Gasteiger partial charge in [0.25, 0.3) is 0 Å². The van der Waals surface area contributed by atoms with Crippen molar-refractivity contribution in [1.82, 2.24) is 15.5 Å². The molecule has 0 saturated carbocycles. The summed E-state index contributed by atoms with van der Waals surface area (Å²) >= 11 is 0. The highest BCUT2D eigenvalue weighted by Crippen LogP contribution is 2.27. The summed E-state index contributed by atoms with van der Waals surface area (Å²) < 4.78 is 0.